The summed E-state index contributed by atoms with van der Waals surface area (Å²) in [6, 6.07) is 22.6. The number of pyridine rings is 2. The van der Waals surface area contributed by atoms with Crippen LogP contribution in [0.3, 0.4) is 0 Å². The molecule has 6 rings (SSSR count). The fourth-order valence-corrected chi connectivity index (χ4v) is 4.98. The van der Waals surface area contributed by atoms with Crippen LogP contribution in [0.15, 0.2) is 120 Å². The summed E-state index contributed by atoms with van der Waals surface area (Å²) in [7, 11) is 0. The standard InChI is InChI=1S/C33H28F2N4O3/c1-33(41,27-9-5-18-39(32(27)40)26-14-11-22(34)12-15-26)37-24-13-16-30(28(35)19-24)42-31-20-25(21-38-17-6-10-29(31)38)36-23-7-3-2-4-8-23/h2-11,13-14,16-21,36-37,41H,12,15H2,1H3/t33-/m1/s1. The molecule has 0 spiro atoms. The van der Waals surface area contributed by atoms with E-state index in [4.69, 9.17) is 4.74 Å². The number of hydrogen-bond donors (Lipinski definition) is 3. The van der Waals surface area contributed by atoms with Crippen molar-refractivity contribution in [3.63, 3.8) is 0 Å². The maximum absolute atomic E-state index is 15.3. The summed E-state index contributed by atoms with van der Waals surface area (Å²) in [5.41, 5.74) is 1.03. The van der Waals surface area contributed by atoms with Gasteiger partial charge in [-0.25, -0.2) is 8.78 Å². The Morgan fingerprint density at radius 1 is 0.857 bits per heavy atom. The van der Waals surface area contributed by atoms with Gasteiger partial charge in [-0.05, 0) is 74.0 Å². The highest BCUT2D eigenvalue weighted by Gasteiger charge is 2.28. The maximum atomic E-state index is 15.3. The Hall–Kier alpha value is -5.15. The van der Waals surface area contributed by atoms with Crippen LogP contribution in [0.2, 0.25) is 0 Å². The van der Waals surface area contributed by atoms with Gasteiger partial charge in [0.1, 0.15) is 5.83 Å². The van der Waals surface area contributed by atoms with Crippen molar-refractivity contribution in [3.8, 4) is 11.5 Å². The number of aromatic nitrogens is 2. The van der Waals surface area contributed by atoms with Crippen LogP contribution in [0.25, 0.3) is 11.2 Å². The molecule has 42 heavy (non-hydrogen) atoms. The molecule has 2 aromatic carbocycles. The molecule has 0 unspecified atom stereocenters. The monoisotopic (exact) mass is 566 g/mol. The summed E-state index contributed by atoms with van der Waals surface area (Å²) in [5.74, 6) is -0.468. The van der Waals surface area contributed by atoms with Gasteiger partial charge >= 0.3 is 0 Å². The predicted molar refractivity (Wildman–Crippen MR) is 160 cm³/mol. The van der Waals surface area contributed by atoms with Crippen LogP contribution in [0.1, 0.15) is 25.3 Å². The molecule has 0 saturated heterocycles. The Bertz CT molecular complexity index is 1890. The summed E-state index contributed by atoms with van der Waals surface area (Å²) >= 11 is 0. The zero-order valence-corrected chi connectivity index (χ0v) is 22.7. The number of ether oxygens (including phenoxy) is 1. The van der Waals surface area contributed by atoms with Crippen LogP contribution in [0.5, 0.6) is 11.5 Å². The number of halogens is 2. The highest BCUT2D eigenvalue weighted by molar-refractivity contribution is 5.70. The van der Waals surface area contributed by atoms with Crippen LogP contribution in [0, 0.1) is 5.82 Å². The van der Waals surface area contributed by atoms with Crippen LogP contribution in [-0.4, -0.2) is 14.1 Å². The number of allylic oxidation sites excluding steroid dienone is 4. The Balaban J connectivity index is 1.24. The summed E-state index contributed by atoms with van der Waals surface area (Å²) in [4.78, 5) is 13.2. The first kappa shape index (κ1) is 27.0. The highest BCUT2D eigenvalue weighted by atomic mass is 19.1. The van der Waals surface area contributed by atoms with Gasteiger partial charge in [-0.15, -0.1) is 0 Å². The van der Waals surface area contributed by atoms with E-state index in [1.807, 2.05) is 59.3 Å². The first-order valence-electron chi connectivity index (χ1n) is 13.5. The van der Waals surface area contributed by atoms with Crippen molar-refractivity contribution in [2.45, 2.75) is 25.5 Å². The second kappa shape index (κ2) is 11.0. The van der Waals surface area contributed by atoms with Crippen molar-refractivity contribution in [2.24, 2.45) is 0 Å². The van der Waals surface area contributed by atoms with Gasteiger partial charge in [0.25, 0.3) is 5.56 Å². The molecule has 7 nitrogen and oxygen atoms in total. The largest absolute Gasteiger partial charge is 0.452 e. The quantitative estimate of drug-likeness (QED) is 0.169. The molecule has 3 N–H and O–H groups in total. The third kappa shape index (κ3) is 5.55. The number of anilines is 3. The Labute approximate surface area is 240 Å². The second-order valence-corrected chi connectivity index (χ2v) is 10.2. The summed E-state index contributed by atoms with van der Waals surface area (Å²) in [6.07, 6.45) is 8.80. The zero-order valence-electron chi connectivity index (χ0n) is 22.7. The lowest BCUT2D eigenvalue weighted by Gasteiger charge is -2.27. The Morgan fingerprint density at radius 3 is 2.43 bits per heavy atom. The van der Waals surface area contributed by atoms with E-state index in [2.05, 4.69) is 10.6 Å². The number of nitrogens with one attached hydrogen (secondary N) is 2. The average molecular weight is 567 g/mol. The van der Waals surface area contributed by atoms with Crippen LogP contribution >= 0.6 is 0 Å². The second-order valence-electron chi connectivity index (χ2n) is 10.2. The lowest BCUT2D eigenvalue weighted by atomic mass is 10.0. The van der Waals surface area contributed by atoms with Gasteiger partial charge in [-0.3, -0.25) is 9.36 Å². The number of para-hydroxylation sites is 1. The van der Waals surface area contributed by atoms with Gasteiger partial charge in [0.05, 0.1) is 16.8 Å². The molecule has 1 aliphatic rings. The number of rotatable bonds is 8. The van der Waals surface area contributed by atoms with E-state index in [0.717, 1.165) is 16.9 Å². The van der Waals surface area contributed by atoms with Crippen molar-refractivity contribution in [1.29, 1.82) is 0 Å². The minimum Gasteiger partial charge on any atom is -0.452 e. The van der Waals surface area contributed by atoms with Gasteiger partial charge < -0.3 is 24.9 Å². The number of aliphatic hydroxyl groups is 1. The molecule has 0 bridgehead atoms. The molecule has 9 heteroatoms. The molecule has 3 aromatic heterocycles. The summed E-state index contributed by atoms with van der Waals surface area (Å²) < 4.78 is 38.1. The van der Waals surface area contributed by atoms with Crippen LogP contribution in [-0.2, 0) is 5.72 Å². The Kier molecular flexibility index (Phi) is 7.10. The molecular weight excluding hydrogens is 538 g/mol. The van der Waals surface area contributed by atoms with Gasteiger partial charge in [0.2, 0.25) is 0 Å². The molecule has 0 fully saturated rings. The smallest absolute Gasteiger partial charge is 0.262 e. The Morgan fingerprint density at radius 2 is 1.67 bits per heavy atom. The molecule has 212 valence electrons. The normalized spacial score (nSPS) is 14.6. The first-order valence-corrected chi connectivity index (χ1v) is 13.5. The predicted octanol–water partition coefficient (Wildman–Crippen LogP) is 7.54. The fraction of sp³-hybridized carbons (Fsp3) is 0.121. The molecular formula is C33H28F2N4O3. The van der Waals surface area contributed by atoms with Crippen LogP contribution < -0.4 is 20.9 Å². The fourth-order valence-electron chi connectivity index (χ4n) is 4.98. The SMILES string of the molecule is C[C@](O)(Nc1ccc(Oc2cc(Nc3ccccc3)cn3cccc23)c(F)c1)c1cccn(C2=CC=C(F)CC2)c1=O. The van der Waals surface area contributed by atoms with Crippen molar-refractivity contribution in [1.82, 2.24) is 8.97 Å². The third-order valence-electron chi connectivity index (χ3n) is 7.06. The third-order valence-corrected chi connectivity index (χ3v) is 7.06. The van der Waals surface area contributed by atoms with Gasteiger partial charge in [-0.2, -0.15) is 0 Å². The molecule has 5 aromatic rings. The number of benzene rings is 2. The topological polar surface area (TPSA) is 79.9 Å². The molecule has 0 aliphatic heterocycles. The molecule has 0 saturated carbocycles. The first-order chi connectivity index (χ1) is 20.3. The van der Waals surface area contributed by atoms with Crippen molar-refractivity contribution < 1.29 is 18.6 Å². The summed E-state index contributed by atoms with van der Waals surface area (Å²) in [6.45, 7) is 1.42. The maximum Gasteiger partial charge on any atom is 0.262 e. The van der Waals surface area contributed by atoms with Crippen LogP contribution in [0.4, 0.5) is 25.8 Å². The molecule has 0 amide bonds. The highest BCUT2D eigenvalue weighted by Crippen LogP contribution is 2.34. The van der Waals surface area contributed by atoms with E-state index in [0.29, 0.717) is 17.9 Å². The van der Waals surface area contributed by atoms with E-state index in [9.17, 15) is 14.3 Å². The minimum absolute atomic E-state index is 0.00764. The van der Waals surface area contributed by atoms with E-state index in [-0.39, 0.29) is 29.2 Å². The van der Waals surface area contributed by atoms with Gasteiger partial charge in [0, 0.05) is 54.2 Å². The lowest BCUT2D eigenvalue weighted by molar-refractivity contribution is 0.0869. The van der Waals surface area contributed by atoms with Crippen molar-refractivity contribution >= 4 is 28.3 Å². The molecule has 3 heterocycles. The minimum atomic E-state index is -1.83. The van der Waals surface area contributed by atoms with E-state index in [1.165, 1.54) is 35.8 Å². The van der Waals surface area contributed by atoms with E-state index in [1.54, 1.807) is 30.5 Å². The molecule has 1 aliphatic carbocycles. The zero-order chi connectivity index (χ0) is 29.3. The molecule has 1 atom stereocenters. The number of hydrogen-bond acceptors (Lipinski definition) is 5. The van der Waals surface area contributed by atoms with Crippen molar-refractivity contribution in [2.75, 3.05) is 10.6 Å². The summed E-state index contributed by atoms with van der Waals surface area (Å²) in [5, 5.41) is 17.4. The lowest BCUT2D eigenvalue weighted by Crippen LogP contribution is -2.39. The van der Waals surface area contributed by atoms with Gasteiger partial charge in [-0.1, -0.05) is 18.2 Å². The van der Waals surface area contributed by atoms with E-state index < -0.39 is 17.1 Å². The van der Waals surface area contributed by atoms with Gasteiger partial charge in [0.15, 0.2) is 23.0 Å². The number of nitrogens with zero attached hydrogens (tertiary/aromatic N) is 2. The van der Waals surface area contributed by atoms with E-state index >= 15 is 4.39 Å². The van der Waals surface area contributed by atoms with Crippen molar-refractivity contribution in [3.05, 3.63) is 137 Å². The average Bonchev–Trinajstić information content (AvgIpc) is 3.44. The molecule has 0 radical (unpaired) electrons. The number of fused-ring (bicyclic) bond motifs is 1.